The summed E-state index contributed by atoms with van der Waals surface area (Å²) in [5.74, 6) is 1.52. The van der Waals surface area contributed by atoms with Crippen molar-refractivity contribution in [1.82, 2.24) is 9.80 Å². The van der Waals surface area contributed by atoms with Crippen LogP contribution in [0.3, 0.4) is 0 Å². The fourth-order valence-corrected chi connectivity index (χ4v) is 4.77. The second-order valence-electron chi connectivity index (χ2n) is 8.18. The molecule has 2 fully saturated rings. The highest BCUT2D eigenvalue weighted by atomic mass is 35.5. The minimum Gasteiger partial charge on any atom is -0.483 e. The maximum absolute atomic E-state index is 12.7. The number of likely N-dealkylation sites (N-methyl/N-ethyl adjacent to an activating group) is 1. The number of benzene rings is 1. The summed E-state index contributed by atoms with van der Waals surface area (Å²) in [6.45, 7) is 1.58. The summed E-state index contributed by atoms with van der Waals surface area (Å²) < 4.78 is 5.74. The molecule has 29 heavy (non-hydrogen) atoms. The maximum atomic E-state index is 12.7. The second-order valence-corrected chi connectivity index (χ2v) is 8.62. The predicted molar refractivity (Wildman–Crippen MR) is 114 cm³/mol. The van der Waals surface area contributed by atoms with Gasteiger partial charge in [0.1, 0.15) is 0 Å². The van der Waals surface area contributed by atoms with E-state index in [1.165, 1.54) is 5.56 Å². The molecule has 0 aromatic heterocycles. The number of hydrogen-bond acceptors (Lipinski definition) is 4. The second kappa shape index (κ2) is 11.5. The summed E-state index contributed by atoms with van der Waals surface area (Å²) in [6, 6.07) is 8.38. The van der Waals surface area contributed by atoms with Gasteiger partial charge in [0.2, 0.25) is 5.91 Å². The molecular weight excluding hydrogens is 392 g/mol. The summed E-state index contributed by atoms with van der Waals surface area (Å²) in [5, 5.41) is 7.65. The Morgan fingerprint density at radius 2 is 1.83 bits per heavy atom. The number of ether oxygens (including phenoxy) is 1. The van der Waals surface area contributed by atoms with Crippen molar-refractivity contribution >= 4 is 24.0 Å². The lowest BCUT2D eigenvalue weighted by molar-refractivity contribution is -0.130. The van der Waals surface area contributed by atoms with Crippen LogP contribution < -0.4 is 0 Å². The highest BCUT2D eigenvalue weighted by Crippen LogP contribution is 2.39. The number of rotatable bonds is 6. The molecule has 162 valence electrons. The number of fused-ring (bicyclic) bond motifs is 1. The molecule has 0 unspecified atom stereocenters. The molecular formula is C22H33ClN2O4. The van der Waals surface area contributed by atoms with Crippen molar-refractivity contribution in [2.75, 3.05) is 34.3 Å². The van der Waals surface area contributed by atoms with Gasteiger partial charge >= 0.3 is 0 Å². The van der Waals surface area contributed by atoms with Crippen LogP contribution in [0.2, 0.25) is 5.02 Å². The molecule has 1 aliphatic carbocycles. The zero-order valence-corrected chi connectivity index (χ0v) is 18.3. The van der Waals surface area contributed by atoms with Crippen molar-refractivity contribution in [1.29, 1.82) is 0 Å². The Bertz CT molecular complexity index is 653. The fourth-order valence-electron chi connectivity index (χ4n) is 4.64. The van der Waals surface area contributed by atoms with Crippen molar-refractivity contribution in [3.05, 3.63) is 34.9 Å². The highest BCUT2D eigenvalue weighted by molar-refractivity contribution is 6.30. The minimum atomic E-state index is -0.250. The van der Waals surface area contributed by atoms with E-state index in [1.54, 1.807) is 0 Å². The number of carbonyl (C=O) groups excluding carboxylic acids is 1. The van der Waals surface area contributed by atoms with Crippen LogP contribution in [-0.2, 0) is 20.7 Å². The van der Waals surface area contributed by atoms with Gasteiger partial charge < -0.3 is 19.6 Å². The largest absolute Gasteiger partial charge is 0.483 e. The molecule has 7 heteroatoms. The Hall–Kier alpha value is -1.63. The average Bonchev–Trinajstić information content (AvgIpc) is 3.12. The van der Waals surface area contributed by atoms with E-state index in [2.05, 4.69) is 23.9 Å². The molecule has 1 aliphatic heterocycles. The van der Waals surface area contributed by atoms with Crippen LogP contribution >= 0.6 is 11.6 Å². The number of nitrogens with zero attached hydrogens (tertiary/aromatic N) is 2. The average molecular weight is 425 g/mol. The van der Waals surface area contributed by atoms with Crippen molar-refractivity contribution in [3.63, 3.8) is 0 Å². The van der Waals surface area contributed by atoms with Gasteiger partial charge in [-0.15, -0.1) is 0 Å². The van der Waals surface area contributed by atoms with Crippen LogP contribution in [0.15, 0.2) is 24.3 Å². The third kappa shape index (κ3) is 6.69. The molecule has 3 rings (SSSR count). The van der Waals surface area contributed by atoms with Crippen molar-refractivity contribution in [2.24, 2.45) is 11.8 Å². The van der Waals surface area contributed by atoms with Gasteiger partial charge in [-0.25, -0.2) is 0 Å². The van der Waals surface area contributed by atoms with Gasteiger partial charge in [0.15, 0.2) is 0 Å². The monoisotopic (exact) mass is 424 g/mol. The van der Waals surface area contributed by atoms with Gasteiger partial charge in [-0.05, 0) is 69.3 Å². The van der Waals surface area contributed by atoms with Gasteiger partial charge in [0.25, 0.3) is 6.47 Å². The first-order chi connectivity index (χ1) is 13.9. The third-order valence-electron chi connectivity index (χ3n) is 6.17. The van der Waals surface area contributed by atoms with Crippen LogP contribution in [0.25, 0.3) is 0 Å². The van der Waals surface area contributed by atoms with Gasteiger partial charge in [0, 0.05) is 37.7 Å². The third-order valence-corrected chi connectivity index (χ3v) is 6.42. The summed E-state index contributed by atoms with van der Waals surface area (Å²) in [4.78, 5) is 25.4. The first-order valence-electron chi connectivity index (χ1n) is 10.2. The Morgan fingerprint density at radius 1 is 1.24 bits per heavy atom. The van der Waals surface area contributed by atoms with E-state index in [4.69, 9.17) is 26.2 Å². The Balaban J connectivity index is 0.000000941. The highest BCUT2D eigenvalue weighted by Gasteiger charge is 2.43. The summed E-state index contributed by atoms with van der Waals surface area (Å²) in [6.07, 6.45) is 4.94. The molecule has 1 N–H and O–H groups in total. The van der Waals surface area contributed by atoms with Crippen LogP contribution in [0.1, 0.15) is 31.2 Å². The van der Waals surface area contributed by atoms with Crippen molar-refractivity contribution in [2.45, 2.75) is 44.2 Å². The van der Waals surface area contributed by atoms with Crippen LogP contribution in [0.4, 0.5) is 0 Å². The molecule has 1 saturated heterocycles. The van der Waals surface area contributed by atoms with E-state index in [0.717, 1.165) is 43.8 Å². The zero-order valence-electron chi connectivity index (χ0n) is 17.6. The Kier molecular flexibility index (Phi) is 9.40. The summed E-state index contributed by atoms with van der Waals surface area (Å²) in [5.41, 5.74) is 1.24. The number of carbonyl (C=O) groups is 2. The fraction of sp³-hybridized carbons (Fsp3) is 0.636. The molecule has 6 nitrogen and oxygen atoms in total. The SMILES string of the molecule is CO[C@@H]1C[C@H]2CN(C(=O)CCCc3ccc(Cl)cc3)C[C@H]2C[C@H]1N(C)C.O=CO. The van der Waals surface area contributed by atoms with Gasteiger partial charge in [-0.3, -0.25) is 9.59 Å². The summed E-state index contributed by atoms with van der Waals surface area (Å²) >= 11 is 5.92. The standard InChI is InChI=1S/C21H31ClN2O2.CH2O2/c1-23(2)19-11-16-13-24(14-17(16)12-20(19)26-3)21(25)6-4-5-15-7-9-18(22)10-8-15;2-1-3/h7-10,16-17,19-20H,4-6,11-14H2,1-3H3;1H,(H,2,3)/t16-,17+,19-,20-;/m1./s1. The molecule has 1 saturated carbocycles. The lowest BCUT2D eigenvalue weighted by Crippen LogP contribution is -2.47. The number of carboxylic acid groups (broad SMARTS) is 1. The number of amides is 1. The summed E-state index contributed by atoms with van der Waals surface area (Å²) in [7, 11) is 6.08. The number of likely N-dealkylation sites (tertiary alicyclic amines) is 1. The van der Waals surface area contributed by atoms with E-state index >= 15 is 0 Å². The van der Waals surface area contributed by atoms with Crippen molar-refractivity contribution < 1.29 is 19.4 Å². The Labute approximate surface area is 178 Å². The van der Waals surface area contributed by atoms with Crippen LogP contribution in [-0.4, -0.2) is 73.7 Å². The van der Waals surface area contributed by atoms with Crippen LogP contribution in [0.5, 0.6) is 0 Å². The van der Waals surface area contributed by atoms with Crippen molar-refractivity contribution in [3.8, 4) is 0 Å². The molecule has 1 aromatic rings. The maximum Gasteiger partial charge on any atom is 0.290 e. The normalized spacial score (nSPS) is 25.9. The van der Waals surface area contributed by atoms with E-state index in [-0.39, 0.29) is 12.6 Å². The van der Waals surface area contributed by atoms with Crippen LogP contribution in [0, 0.1) is 11.8 Å². The first kappa shape index (κ1) is 23.6. The van der Waals surface area contributed by atoms with E-state index < -0.39 is 0 Å². The number of hydrogen-bond donors (Lipinski definition) is 1. The van der Waals surface area contributed by atoms with E-state index in [0.29, 0.717) is 30.2 Å². The molecule has 0 spiro atoms. The molecule has 0 radical (unpaired) electrons. The van der Waals surface area contributed by atoms with E-state index in [1.807, 2.05) is 31.4 Å². The van der Waals surface area contributed by atoms with Gasteiger partial charge in [-0.2, -0.15) is 0 Å². The molecule has 1 aromatic carbocycles. The molecule has 1 heterocycles. The van der Waals surface area contributed by atoms with Gasteiger partial charge in [0.05, 0.1) is 6.10 Å². The lowest BCUT2D eigenvalue weighted by Gasteiger charge is -2.40. The number of aryl methyl sites for hydroxylation is 1. The van der Waals surface area contributed by atoms with Gasteiger partial charge in [-0.1, -0.05) is 23.7 Å². The minimum absolute atomic E-state index is 0.250. The smallest absolute Gasteiger partial charge is 0.290 e. The lowest BCUT2D eigenvalue weighted by atomic mass is 9.77. The topological polar surface area (TPSA) is 70.1 Å². The number of halogens is 1. The Morgan fingerprint density at radius 3 is 2.38 bits per heavy atom. The molecule has 2 aliphatic rings. The number of methoxy groups -OCH3 is 1. The first-order valence-corrected chi connectivity index (χ1v) is 10.6. The molecule has 4 atom stereocenters. The zero-order chi connectivity index (χ0) is 21.4. The predicted octanol–water partition coefficient (Wildman–Crippen LogP) is 3.18. The van der Waals surface area contributed by atoms with E-state index in [9.17, 15) is 4.79 Å². The molecule has 1 amide bonds. The quantitative estimate of drug-likeness (QED) is 0.710. The molecule has 0 bridgehead atoms.